The largest absolute Gasteiger partial charge is 0.391 e. The summed E-state index contributed by atoms with van der Waals surface area (Å²) in [7, 11) is 0. The van der Waals surface area contributed by atoms with Crippen LogP contribution in [0.25, 0.3) is 0 Å². The van der Waals surface area contributed by atoms with Crippen LogP contribution in [0, 0.1) is 17.8 Å². The Morgan fingerprint density at radius 1 is 1.00 bits per heavy atom. The summed E-state index contributed by atoms with van der Waals surface area (Å²) in [5.74, 6) is 2.14. The average molecular weight is 351 g/mol. The summed E-state index contributed by atoms with van der Waals surface area (Å²) >= 11 is 0. The van der Waals surface area contributed by atoms with E-state index in [1.165, 1.54) is 19.3 Å². The maximum absolute atomic E-state index is 9.86. The van der Waals surface area contributed by atoms with E-state index in [4.69, 9.17) is 5.73 Å². The first-order valence-electron chi connectivity index (χ1n) is 8.55. The summed E-state index contributed by atoms with van der Waals surface area (Å²) in [4.78, 5) is 0. The van der Waals surface area contributed by atoms with Gasteiger partial charge in [0.05, 0.1) is 6.10 Å². The van der Waals surface area contributed by atoms with E-state index in [0.29, 0.717) is 17.9 Å². The SMILES string of the molecule is C.C.C.C.CCC(C)CN.CCC(C)CNC1CCC(C)CC1O. The van der Waals surface area contributed by atoms with Crippen LogP contribution in [0.4, 0.5) is 0 Å². The summed E-state index contributed by atoms with van der Waals surface area (Å²) in [6.07, 6.45) is 5.66. The Morgan fingerprint density at radius 2 is 1.50 bits per heavy atom. The second kappa shape index (κ2) is 20.9. The van der Waals surface area contributed by atoms with Gasteiger partial charge in [0, 0.05) is 6.04 Å². The Labute approximate surface area is 156 Å². The van der Waals surface area contributed by atoms with Gasteiger partial charge in [0.1, 0.15) is 0 Å². The first-order valence-corrected chi connectivity index (χ1v) is 8.55. The van der Waals surface area contributed by atoms with E-state index in [0.717, 1.165) is 31.8 Å². The first kappa shape index (κ1) is 35.1. The van der Waals surface area contributed by atoms with Crippen molar-refractivity contribution < 1.29 is 5.11 Å². The maximum Gasteiger partial charge on any atom is 0.0695 e. The molecule has 154 valence electrons. The van der Waals surface area contributed by atoms with Crippen LogP contribution in [0.5, 0.6) is 0 Å². The lowest BCUT2D eigenvalue weighted by molar-refractivity contribution is 0.0681. The molecule has 0 bridgehead atoms. The Hall–Kier alpha value is -0.120. The average Bonchev–Trinajstić information content (AvgIpc) is 2.45. The van der Waals surface area contributed by atoms with Gasteiger partial charge in [-0.1, -0.05) is 77.2 Å². The van der Waals surface area contributed by atoms with Crippen molar-refractivity contribution in [2.45, 2.75) is 109 Å². The highest BCUT2D eigenvalue weighted by atomic mass is 16.3. The van der Waals surface area contributed by atoms with Crippen LogP contribution in [0.2, 0.25) is 0 Å². The van der Waals surface area contributed by atoms with Gasteiger partial charge in [-0.2, -0.15) is 0 Å². The van der Waals surface area contributed by atoms with Crippen LogP contribution >= 0.6 is 0 Å². The monoisotopic (exact) mass is 350 g/mol. The van der Waals surface area contributed by atoms with Gasteiger partial charge in [0.25, 0.3) is 0 Å². The van der Waals surface area contributed by atoms with Crippen LogP contribution in [0.15, 0.2) is 0 Å². The number of rotatable bonds is 6. The van der Waals surface area contributed by atoms with E-state index >= 15 is 0 Å². The van der Waals surface area contributed by atoms with Crippen LogP contribution < -0.4 is 11.1 Å². The lowest BCUT2D eigenvalue weighted by atomic mass is 9.85. The number of hydrogen-bond donors (Lipinski definition) is 3. The van der Waals surface area contributed by atoms with E-state index in [1.807, 2.05) is 0 Å². The molecule has 0 aromatic rings. The second-order valence-corrected chi connectivity index (χ2v) is 6.76. The summed E-state index contributed by atoms with van der Waals surface area (Å²) in [6, 6.07) is 0.347. The highest BCUT2D eigenvalue weighted by Gasteiger charge is 2.26. The molecule has 5 unspecified atom stereocenters. The van der Waals surface area contributed by atoms with Crippen molar-refractivity contribution >= 4 is 0 Å². The van der Waals surface area contributed by atoms with E-state index in [-0.39, 0.29) is 35.8 Å². The number of nitrogens with two attached hydrogens (primary N) is 1. The fraction of sp³-hybridized carbons (Fsp3) is 1.00. The molecule has 0 heterocycles. The molecule has 1 saturated carbocycles. The van der Waals surface area contributed by atoms with E-state index in [9.17, 15) is 5.11 Å². The third-order valence-corrected chi connectivity index (χ3v) is 4.60. The summed E-state index contributed by atoms with van der Waals surface area (Å²) in [5.41, 5.74) is 5.28. The number of aliphatic hydroxyl groups is 1. The molecule has 3 heteroatoms. The summed E-state index contributed by atoms with van der Waals surface area (Å²) < 4.78 is 0. The zero-order chi connectivity index (χ0) is 15.5. The van der Waals surface area contributed by atoms with Crippen LogP contribution in [-0.2, 0) is 0 Å². The third-order valence-electron chi connectivity index (χ3n) is 4.60. The van der Waals surface area contributed by atoms with Gasteiger partial charge in [-0.25, -0.2) is 0 Å². The molecule has 5 atom stereocenters. The third kappa shape index (κ3) is 16.7. The lowest BCUT2D eigenvalue weighted by Gasteiger charge is -2.32. The zero-order valence-electron chi connectivity index (χ0n) is 14.4. The molecule has 0 radical (unpaired) electrons. The molecule has 0 saturated heterocycles. The Kier molecular flexibility index (Phi) is 30.6. The molecule has 24 heavy (non-hydrogen) atoms. The lowest BCUT2D eigenvalue weighted by Crippen LogP contribution is -2.45. The Morgan fingerprint density at radius 3 is 1.83 bits per heavy atom. The molecule has 4 N–H and O–H groups in total. The summed E-state index contributed by atoms with van der Waals surface area (Å²) in [5, 5.41) is 13.4. The van der Waals surface area contributed by atoms with Crippen molar-refractivity contribution in [1.29, 1.82) is 0 Å². The number of nitrogens with one attached hydrogen (secondary N) is 1. The molecule has 0 amide bonds. The smallest absolute Gasteiger partial charge is 0.0695 e. The van der Waals surface area contributed by atoms with Crippen LogP contribution in [-0.4, -0.2) is 30.3 Å². The molecule has 1 rings (SSSR count). The predicted molar refractivity (Wildman–Crippen MR) is 116 cm³/mol. The normalized spacial score (nSPS) is 24.4. The van der Waals surface area contributed by atoms with Gasteiger partial charge in [-0.05, 0) is 50.1 Å². The van der Waals surface area contributed by atoms with Crippen molar-refractivity contribution in [2.24, 2.45) is 23.5 Å². The number of aliphatic hydroxyl groups excluding tert-OH is 1. The molecule has 1 aliphatic carbocycles. The highest BCUT2D eigenvalue weighted by molar-refractivity contribution is 4.83. The fourth-order valence-electron chi connectivity index (χ4n) is 2.25. The topological polar surface area (TPSA) is 58.3 Å². The van der Waals surface area contributed by atoms with Crippen LogP contribution in [0.3, 0.4) is 0 Å². The summed E-state index contributed by atoms with van der Waals surface area (Å²) in [6.45, 7) is 12.9. The van der Waals surface area contributed by atoms with Gasteiger partial charge in [-0.15, -0.1) is 0 Å². The molecule has 3 nitrogen and oxygen atoms in total. The van der Waals surface area contributed by atoms with Gasteiger partial charge < -0.3 is 16.2 Å². The van der Waals surface area contributed by atoms with E-state index in [2.05, 4.69) is 39.9 Å². The van der Waals surface area contributed by atoms with Crippen molar-refractivity contribution in [1.82, 2.24) is 5.32 Å². The quantitative estimate of drug-likeness (QED) is 0.575. The van der Waals surface area contributed by atoms with Gasteiger partial charge in [-0.3, -0.25) is 0 Å². The van der Waals surface area contributed by atoms with Gasteiger partial charge in [0.15, 0.2) is 0 Å². The van der Waals surface area contributed by atoms with Gasteiger partial charge >= 0.3 is 0 Å². The molecular formula is C21H54N2O. The molecule has 1 aliphatic rings. The molecule has 0 aromatic heterocycles. The van der Waals surface area contributed by atoms with Crippen LogP contribution in [0.1, 0.15) is 96.4 Å². The minimum Gasteiger partial charge on any atom is -0.391 e. The molecule has 0 spiro atoms. The predicted octanol–water partition coefficient (Wildman–Crippen LogP) is 5.71. The van der Waals surface area contributed by atoms with Crippen molar-refractivity contribution in [2.75, 3.05) is 13.1 Å². The first-order chi connectivity index (χ1) is 9.44. The minimum absolute atomic E-state index is 0. The standard InChI is InChI=1S/C12H25NO.C5H13N.4CH4/c1-4-9(2)8-13-11-6-5-10(3)7-12(11)14;1-3-5(2)4-6;;;;/h9-14H,4-8H2,1-3H3;5H,3-4,6H2,1-2H3;4*1H4. The molecular weight excluding hydrogens is 296 g/mol. The van der Waals surface area contributed by atoms with E-state index in [1.54, 1.807) is 0 Å². The maximum atomic E-state index is 9.86. The number of hydrogen-bond acceptors (Lipinski definition) is 3. The zero-order valence-corrected chi connectivity index (χ0v) is 14.4. The Balaban J connectivity index is -0.000000106. The molecule has 1 fully saturated rings. The van der Waals surface area contributed by atoms with Crippen molar-refractivity contribution in [3.05, 3.63) is 0 Å². The Bertz CT molecular complexity index is 220. The van der Waals surface area contributed by atoms with E-state index < -0.39 is 0 Å². The van der Waals surface area contributed by atoms with Gasteiger partial charge in [0.2, 0.25) is 0 Å². The van der Waals surface area contributed by atoms with Crippen molar-refractivity contribution in [3.63, 3.8) is 0 Å². The fourth-order valence-corrected chi connectivity index (χ4v) is 2.25. The van der Waals surface area contributed by atoms with Crippen molar-refractivity contribution in [3.8, 4) is 0 Å². The molecule has 0 aliphatic heterocycles. The second-order valence-electron chi connectivity index (χ2n) is 6.76. The minimum atomic E-state index is -0.122. The highest BCUT2D eigenvalue weighted by Crippen LogP contribution is 2.24. The molecule has 0 aromatic carbocycles.